The lowest BCUT2D eigenvalue weighted by molar-refractivity contribution is -0.387. The number of rotatable bonds is 6. The van der Waals surface area contributed by atoms with Crippen LogP contribution >= 0.6 is 0 Å². The Morgan fingerprint density at radius 3 is 2.43 bits per heavy atom. The van der Waals surface area contributed by atoms with E-state index in [1.54, 1.807) is 0 Å². The Bertz CT molecular complexity index is 931. The van der Waals surface area contributed by atoms with Gasteiger partial charge in [0, 0.05) is 18.1 Å². The van der Waals surface area contributed by atoms with Crippen molar-refractivity contribution in [2.45, 2.75) is 18.6 Å². The normalized spacial score (nSPS) is 12.3. The number of hydrogen-bond acceptors (Lipinski definition) is 4. The molecule has 0 unspecified atom stereocenters. The number of nitrogens with two attached hydrogens (primary N) is 1. The molecule has 11 heteroatoms. The molecule has 28 heavy (non-hydrogen) atoms. The number of nitrogens with one attached hydrogen (secondary N) is 1. The molecule has 0 saturated carbocycles. The second-order valence-electron chi connectivity index (χ2n) is 5.75. The minimum atomic E-state index is -4.66. The van der Waals surface area contributed by atoms with Gasteiger partial charge >= 0.3 is 11.9 Å². The summed E-state index contributed by atoms with van der Waals surface area (Å²) in [5, 5.41) is 13.0. The van der Waals surface area contributed by atoms with E-state index < -0.39 is 46.0 Å². The average Bonchev–Trinajstić information content (AvgIpc) is 2.61. The quantitative estimate of drug-likeness (QED) is 0.441. The number of carbonyl (C=O) groups is 2. The molecule has 0 aliphatic carbocycles. The van der Waals surface area contributed by atoms with E-state index in [9.17, 15) is 37.3 Å². The first-order valence-corrected chi connectivity index (χ1v) is 7.69. The molecule has 0 heterocycles. The molecule has 2 amide bonds. The third-order valence-electron chi connectivity index (χ3n) is 3.75. The van der Waals surface area contributed by atoms with E-state index in [1.165, 1.54) is 0 Å². The van der Waals surface area contributed by atoms with E-state index in [1.807, 2.05) is 0 Å². The lowest BCUT2D eigenvalue weighted by atomic mass is 10.0. The van der Waals surface area contributed by atoms with E-state index in [4.69, 9.17) is 5.73 Å². The number of amides is 2. The molecule has 0 aliphatic heterocycles. The Morgan fingerprint density at radius 1 is 1.18 bits per heavy atom. The SMILES string of the molecule is NC(=O)[C@H](Cc1ccc(F)c([N+](=O)[O-])c1)NC(=O)c1cccc(C(F)(F)F)c1. The lowest BCUT2D eigenvalue weighted by Gasteiger charge is -2.16. The summed E-state index contributed by atoms with van der Waals surface area (Å²) >= 11 is 0. The van der Waals surface area contributed by atoms with Crippen LogP contribution in [-0.4, -0.2) is 22.8 Å². The summed E-state index contributed by atoms with van der Waals surface area (Å²) in [4.78, 5) is 33.6. The smallest absolute Gasteiger partial charge is 0.368 e. The summed E-state index contributed by atoms with van der Waals surface area (Å²) in [6, 6.07) is 5.00. The number of hydrogen-bond donors (Lipinski definition) is 2. The zero-order valence-corrected chi connectivity index (χ0v) is 14.0. The summed E-state index contributed by atoms with van der Waals surface area (Å²) in [6.45, 7) is 0. The van der Waals surface area contributed by atoms with Crippen molar-refractivity contribution in [3.05, 3.63) is 75.1 Å². The Labute approximate surface area is 155 Å². The zero-order valence-electron chi connectivity index (χ0n) is 14.0. The summed E-state index contributed by atoms with van der Waals surface area (Å²) < 4.78 is 51.6. The van der Waals surface area contributed by atoms with E-state index in [-0.39, 0.29) is 17.5 Å². The predicted octanol–water partition coefficient (Wildman–Crippen LogP) is 2.58. The fourth-order valence-electron chi connectivity index (χ4n) is 2.36. The molecule has 0 saturated heterocycles. The molecule has 7 nitrogen and oxygen atoms in total. The third kappa shape index (κ3) is 5.02. The highest BCUT2D eigenvalue weighted by molar-refractivity contribution is 5.97. The minimum absolute atomic E-state index is 0.126. The first-order chi connectivity index (χ1) is 13.0. The Balaban J connectivity index is 2.22. The highest BCUT2D eigenvalue weighted by Crippen LogP contribution is 2.29. The number of carbonyl (C=O) groups excluding carboxylic acids is 2. The second-order valence-corrected chi connectivity index (χ2v) is 5.75. The van der Waals surface area contributed by atoms with Gasteiger partial charge in [0.25, 0.3) is 5.91 Å². The number of primary amides is 1. The van der Waals surface area contributed by atoms with Crippen molar-refractivity contribution in [1.29, 1.82) is 0 Å². The monoisotopic (exact) mass is 399 g/mol. The van der Waals surface area contributed by atoms with Crippen molar-refractivity contribution in [1.82, 2.24) is 5.32 Å². The number of nitro benzene ring substituents is 1. The topological polar surface area (TPSA) is 115 Å². The van der Waals surface area contributed by atoms with Crippen molar-refractivity contribution in [2.24, 2.45) is 5.73 Å². The van der Waals surface area contributed by atoms with Gasteiger partial charge in [-0.15, -0.1) is 0 Å². The van der Waals surface area contributed by atoms with Crippen LogP contribution in [0.15, 0.2) is 42.5 Å². The van der Waals surface area contributed by atoms with Gasteiger partial charge in [-0.05, 0) is 29.8 Å². The molecule has 0 aliphatic rings. The van der Waals surface area contributed by atoms with Crippen LogP contribution in [0.1, 0.15) is 21.5 Å². The largest absolute Gasteiger partial charge is 0.416 e. The molecule has 0 bridgehead atoms. The summed E-state index contributed by atoms with van der Waals surface area (Å²) in [5.74, 6) is -3.10. The molecule has 2 aromatic carbocycles. The third-order valence-corrected chi connectivity index (χ3v) is 3.75. The van der Waals surface area contributed by atoms with E-state index in [2.05, 4.69) is 5.32 Å². The van der Waals surface area contributed by atoms with Gasteiger partial charge in [0.15, 0.2) is 0 Å². The fourth-order valence-corrected chi connectivity index (χ4v) is 2.36. The van der Waals surface area contributed by atoms with Crippen LogP contribution in [0.25, 0.3) is 0 Å². The van der Waals surface area contributed by atoms with Crippen molar-refractivity contribution in [3.8, 4) is 0 Å². The van der Waals surface area contributed by atoms with Crippen molar-refractivity contribution in [2.75, 3.05) is 0 Å². The van der Waals surface area contributed by atoms with Crippen LogP contribution in [0.5, 0.6) is 0 Å². The molecule has 0 fully saturated rings. The van der Waals surface area contributed by atoms with Gasteiger partial charge in [0.2, 0.25) is 11.7 Å². The molecule has 148 valence electrons. The van der Waals surface area contributed by atoms with Gasteiger partial charge in [-0.3, -0.25) is 19.7 Å². The molecule has 0 radical (unpaired) electrons. The van der Waals surface area contributed by atoms with Gasteiger partial charge in [-0.25, -0.2) is 0 Å². The van der Waals surface area contributed by atoms with Crippen LogP contribution < -0.4 is 11.1 Å². The highest BCUT2D eigenvalue weighted by Gasteiger charge is 2.31. The van der Waals surface area contributed by atoms with Gasteiger partial charge in [0.05, 0.1) is 10.5 Å². The Kier molecular flexibility index (Phi) is 5.96. The maximum atomic E-state index is 13.4. The van der Waals surface area contributed by atoms with Crippen LogP contribution in [-0.2, 0) is 17.4 Å². The summed E-state index contributed by atoms with van der Waals surface area (Å²) in [5.41, 5.74) is 3.09. The molecule has 2 aromatic rings. The van der Waals surface area contributed by atoms with Crippen LogP contribution in [0.3, 0.4) is 0 Å². The Hall–Kier alpha value is -3.50. The number of nitrogens with zero attached hydrogens (tertiary/aromatic N) is 1. The highest BCUT2D eigenvalue weighted by atomic mass is 19.4. The second kappa shape index (κ2) is 8.03. The number of halogens is 4. The predicted molar refractivity (Wildman–Crippen MR) is 88.7 cm³/mol. The van der Waals surface area contributed by atoms with E-state index >= 15 is 0 Å². The fraction of sp³-hybridized carbons (Fsp3) is 0.176. The molecule has 0 spiro atoms. The van der Waals surface area contributed by atoms with E-state index in [0.717, 1.165) is 36.4 Å². The van der Waals surface area contributed by atoms with E-state index in [0.29, 0.717) is 6.07 Å². The maximum absolute atomic E-state index is 13.4. The van der Waals surface area contributed by atoms with Gasteiger partial charge in [0.1, 0.15) is 6.04 Å². The molecule has 0 aromatic heterocycles. The molecule has 1 atom stereocenters. The van der Waals surface area contributed by atoms with Crippen LogP contribution in [0.2, 0.25) is 0 Å². The number of nitro groups is 1. The lowest BCUT2D eigenvalue weighted by Crippen LogP contribution is -2.45. The van der Waals surface area contributed by atoms with Crippen LogP contribution in [0.4, 0.5) is 23.2 Å². The van der Waals surface area contributed by atoms with Gasteiger partial charge in [-0.1, -0.05) is 12.1 Å². The molecular weight excluding hydrogens is 386 g/mol. The zero-order chi connectivity index (χ0) is 21.1. The standard InChI is InChI=1S/C17H13F4N3O4/c18-12-5-4-9(7-14(12)24(27)28)6-13(15(22)25)23-16(26)10-2-1-3-11(8-10)17(19,20)21/h1-5,7-8,13H,6H2,(H2,22,25)(H,23,26)/t13-/m0/s1. The average molecular weight is 399 g/mol. The van der Waals surface area contributed by atoms with Crippen molar-refractivity contribution in [3.63, 3.8) is 0 Å². The first kappa shape index (κ1) is 20.8. The van der Waals surface area contributed by atoms with Crippen LogP contribution in [0, 0.1) is 15.9 Å². The Morgan fingerprint density at radius 2 is 1.86 bits per heavy atom. The molecular formula is C17H13F4N3O4. The number of benzene rings is 2. The van der Waals surface area contributed by atoms with Crippen molar-refractivity contribution >= 4 is 17.5 Å². The van der Waals surface area contributed by atoms with Gasteiger partial charge < -0.3 is 11.1 Å². The maximum Gasteiger partial charge on any atom is 0.416 e. The molecule has 3 N–H and O–H groups in total. The summed E-state index contributed by atoms with van der Waals surface area (Å²) in [6.07, 6.45) is -4.98. The van der Waals surface area contributed by atoms with Gasteiger partial charge in [-0.2, -0.15) is 17.6 Å². The van der Waals surface area contributed by atoms with Crippen molar-refractivity contribution < 1.29 is 32.1 Å². The molecule has 2 rings (SSSR count). The number of alkyl halides is 3. The first-order valence-electron chi connectivity index (χ1n) is 7.69. The summed E-state index contributed by atoms with van der Waals surface area (Å²) in [7, 11) is 0. The minimum Gasteiger partial charge on any atom is -0.368 e.